The number of likely N-dealkylation sites (tertiary alicyclic amines) is 1. The molecule has 0 bridgehead atoms. The normalized spacial score (nSPS) is 16.1. The van der Waals surface area contributed by atoms with Crippen molar-refractivity contribution in [3.05, 3.63) is 76.6 Å². The van der Waals surface area contributed by atoms with E-state index in [4.69, 9.17) is 16.7 Å². The molecule has 1 aromatic heterocycles. The van der Waals surface area contributed by atoms with Crippen LogP contribution in [0.5, 0.6) is 0 Å². The molecule has 11 nitrogen and oxygen atoms in total. The number of benzene rings is 2. The number of H-pyrrole nitrogens is 1. The molecule has 194 valence electrons. The van der Waals surface area contributed by atoms with Crippen molar-refractivity contribution in [2.45, 2.75) is 25.2 Å². The second-order valence-electron chi connectivity index (χ2n) is 8.74. The Morgan fingerprint density at radius 1 is 1.16 bits per heavy atom. The molecule has 1 aliphatic rings. The van der Waals surface area contributed by atoms with Gasteiger partial charge in [0, 0.05) is 30.7 Å². The molecule has 2 atom stereocenters. The van der Waals surface area contributed by atoms with E-state index in [9.17, 15) is 24.6 Å². The molecule has 0 radical (unpaired) electrons. The number of aromatic nitrogens is 2. The van der Waals surface area contributed by atoms with E-state index in [-0.39, 0.29) is 36.9 Å². The summed E-state index contributed by atoms with van der Waals surface area (Å²) in [4.78, 5) is 38.1. The molecule has 12 heteroatoms. The summed E-state index contributed by atoms with van der Waals surface area (Å²) in [6, 6.07) is 16.0. The zero-order chi connectivity index (χ0) is 26.5. The highest BCUT2D eigenvalue weighted by Crippen LogP contribution is 2.23. The summed E-state index contributed by atoms with van der Waals surface area (Å²) in [5.41, 5.74) is 5.15. The molecular weight excluding hydrogens is 502 g/mol. The van der Waals surface area contributed by atoms with Crippen molar-refractivity contribution in [2.24, 2.45) is 0 Å². The molecule has 1 saturated heterocycles. The van der Waals surface area contributed by atoms with E-state index in [2.05, 4.69) is 15.6 Å². The first-order chi connectivity index (χ1) is 17.7. The Balaban J connectivity index is 1.45. The molecule has 2 heterocycles. The molecule has 4 rings (SSSR count). The number of carbonyl (C=O) groups is 3. The third kappa shape index (κ3) is 6.71. The van der Waals surface area contributed by atoms with Gasteiger partial charge in [-0.15, -0.1) is 0 Å². The van der Waals surface area contributed by atoms with Crippen LogP contribution in [-0.4, -0.2) is 85.1 Å². The highest BCUT2D eigenvalue weighted by molar-refractivity contribution is 6.30. The average molecular weight is 528 g/mol. The van der Waals surface area contributed by atoms with E-state index in [1.165, 1.54) is 16.0 Å². The number of halogens is 1. The van der Waals surface area contributed by atoms with Crippen molar-refractivity contribution in [1.29, 1.82) is 0 Å². The topological polar surface area (TPSA) is 159 Å². The van der Waals surface area contributed by atoms with Crippen molar-refractivity contribution < 1.29 is 29.7 Å². The number of nitrogens with zero attached hydrogens (tertiary/aromatic N) is 3. The fraction of sp³-hybridized carbons (Fsp3) is 0.280. The van der Waals surface area contributed by atoms with Gasteiger partial charge < -0.3 is 20.2 Å². The summed E-state index contributed by atoms with van der Waals surface area (Å²) in [6.45, 7) is 0.306. The van der Waals surface area contributed by atoms with Gasteiger partial charge in [-0.3, -0.25) is 20.1 Å². The molecule has 0 saturated carbocycles. The van der Waals surface area contributed by atoms with Crippen LogP contribution in [-0.2, 0) is 11.3 Å². The van der Waals surface area contributed by atoms with Crippen LogP contribution >= 0.6 is 11.6 Å². The highest BCUT2D eigenvalue weighted by Gasteiger charge is 2.28. The van der Waals surface area contributed by atoms with Crippen LogP contribution in [0.2, 0.25) is 5.02 Å². The molecule has 5 N–H and O–H groups in total. The van der Waals surface area contributed by atoms with Gasteiger partial charge in [0.15, 0.2) is 11.8 Å². The van der Waals surface area contributed by atoms with Gasteiger partial charge in [-0.05, 0) is 35.2 Å². The van der Waals surface area contributed by atoms with Crippen molar-refractivity contribution in [3.63, 3.8) is 0 Å². The number of rotatable bonds is 9. The van der Waals surface area contributed by atoms with Crippen LogP contribution in [0, 0.1) is 0 Å². The van der Waals surface area contributed by atoms with Crippen molar-refractivity contribution in [1.82, 2.24) is 25.5 Å². The lowest BCUT2D eigenvalue weighted by atomic mass is 10.0. The fourth-order valence-electron chi connectivity index (χ4n) is 3.97. The molecule has 37 heavy (non-hydrogen) atoms. The summed E-state index contributed by atoms with van der Waals surface area (Å²) in [5.74, 6) is -2.51. The number of amides is 2. The Bertz CT molecular complexity index is 1280. The summed E-state index contributed by atoms with van der Waals surface area (Å²) >= 11 is 6.07. The van der Waals surface area contributed by atoms with Crippen molar-refractivity contribution >= 4 is 29.4 Å². The largest absolute Gasteiger partial charge is 0.479 e. The SMILES string of the molecule is O=C(NN(Cc1ccc(-c2cccc(Cl)c2)cc1)CC(O)C(=O)O)c1cc(C(=O)N2CCC(O)C2)[nH]n1. The van der Waals surface area contributed by atoms with Gasteiger partial charge >= 0.3 is 5.97 Å². The predicted molar refractivity (Wildman–Crippen MR) is 134 cm³/mol. The van der Waals surface area contributed by atoms with Gasteiger partial charge in [0.2, 0.25) is 0 Å². The van der Waals surface area contributed by atoms with Gasteiger partial charge in [0.1, 0.15) is 5.69 Å². The number of hydrazine groups is 1. The Hall–Kier alpha value is -3.77. The summed E-state index contributed by atoms with van der Waals surface area (Å²) in [7, 11) is 0. The average Bonchev–Trinajstić information content (AvgIpc) is 3.53. The minimum absolute atomic E-state index is 0.0887. The summed E-state index contributed by atoms with van der Waals surface area (Å²) < 4.78 is 0. The lowest BCUT2D eigenvalue weighted by molar-refractivity contribution is -0.148. The van der Waals surface area contributed by atoms with Gasteiger partial charge in [-0.1, -0.05) is 48.0 Å². The van der Waals surface area contributed by atoms with Gasteiger partial charge in [-0.25, -0.2) is 9.80 Å². The van der Waals surface area contributed by atoms with E-state index in [1.807, 2.05) is 42.5 Å². The Morgan fingerprint density at radius 3 is 2.57 bits per heavy atom. The van der Waals surface area contributed by atoms with Gasteiger partial charge in [-0.2, -0.15) is 5.10 Å². The lowest BCUT2D eigenvalue weighted by Gasteiger charge is -2.24. The van der Waals surface area contributed by atoms with E-state index < -0.39 is 24.1 Å². The number of carboxylic acids is 1. The van der Waals surface area contributed by atoms with Crippen LogP contribution in [0.1, 0.15) is 33.0 Å². The van der Waals surface area contributed by atoms with Gasteiger partial charge in [0.25, 0.3) is 11.8 Å². The maximum Gasteiger partial charge on any atom is 0.333 e. The second-order valence-corrected chi connectivity index (χ2v) is 9.18. The Labute approximate surface area is 217 Å². The number of aromatic amines is 1. The maximum absolute atomic E-state index is 12.8. The van der Waals surface area contributed by atoms with Crippen molar-refractivity contribution in [3.8, 4) is 11.1 Å². The number of hydrogen-bond donors (Lipinski definition) is 5. The zero-order valence-electron chi connectivity index (χ0n) is 19.7. The monoisotopic (exact) mass is 527 g/mol. The number of nitrogens with one attached hydrogen (secondary N) is 2. The first-order valence-electron chi connectivity index (χ1n) is 11.5. The zero-order valence-corrected chi connectivity index (χ0v) is 20.4. The number of carboxylic acid groups (broad SMARTS) is 1. The number of aliphatic carboxylic acids is 1. The lowest BCUT2D eigenvalue weighted by Crippen LogP contribution is -2.47. The first-order valence-corrected chi connectivity index (χ1v) is 11.9. The minimum atomic E-state index is -1.75. The molecule has 0 spiro atoms. The highest BCUT2D eigenvalue weighted by atomic mass is 35.5. The molecular formula is C25H26ClN5O6. The maximum atomic E-state index is 12.8. The van der Waals surface area contributed by atoms with E-state index in [1.54, 1.807) is 6.07 Å². The fourth-order valence-corrected chi connectivity index (χ4v) is 4.16. The van der Waals surface area contributed by atoms with Crippen LogP contribution in [0.4, 0.5) is 0 Å². The third-order valence-corrected chi connectivity index (χ3v) is 6.15. The van der Waals surface area contributed by atoms with Crippen LogP contribution < -0.4 is 5.43 Å². The minimum Gasteiger partial charge on any atom is -0.479 e. The predicted octanol–water partition coefficient (Wildman–Crippen LogP) is 1.53. The first kappa shape index (κ1) is 26.3. The molecule has 0 aliphatic carbocycles. The molecule has 1 aliphatic heterocycles. The van der Waals surface area contributed by atoms with Gasteiger partial charge in [0.05, 0.1) is 12.6 Å². The summed E-state index contributed by atoms with van der Waals surface area (Å²) in [6.07, 6.45) is -1.85. The number of hydrogen-bond acceptors (Lipinski definition) is 7. The molecule has 3 aromatic rings. The quantitative estimate of drug-likeness (QED) is 0.262. The summed E-state index contributed by atoms with van der Waals surface area (Å²) in [5, 5.41) is 37.0. The number of β-amino-alcohol motifs (C(OH)–C–C–N with tert-alkyl or cyclic N) is 1. The Kier molecular flexibility index (Phi) is 8.19. The number of aliphatic hydroxyl groups excluding tert-OH is 2. The standard InChI is InChI=1S/C25H26ClN5O6/c26-18-3-1-2-17(10-18)16-6-4-15(5-7-16)12-31(14-22(33)25(36)37)29-23(34)20-11-21(28-27-20)24(35)30-9-8-19(32)13-30/h1-7,10-11,19,22,32-33H,8-9,12-14H2,(H,27,28)(H,29,34)(H,36,37). The molecule has 2 unspecified atom stereocenters. The Morgan fingerprint density at radius 2 is 1.92 bits per heavy atom. The van der Waals surface area contributed by atoms with Crippen LogP contribution in [0.25, 0.3) is 11.1 Å². The molecule has 2 aromatic carbocycles. The second kappa shape index (κ2) is 11.5. The smallest absolute Gasteiger partial charge is 0.333 e. The van der Waals surface area contributed by atoms with Crippen LogP contribution in [0.15, 0.2) is 54.6 Å². The third-order valence-electron chi connectivity index (χ3n) is 5.91. The van der Waals surface area contributed by atoms with Crippen LogP contribution in [0.3, 0.4) is 0 Å². The number of aliphatic hydroxyl groups is 2. The van der Waals surface area contributed by atoms with E-state index >= 15 is 0 Å². The molecule has 1 fully saturated rings. The van der Waals surface area contributed by atoms with Crippen molar-refractivity contribution in [2.75, 3.05) is 19.6 Å². The van der Waals surface area contributed by atoms with E-state index in [0.29, 0.717) is 18.0 Å². The number of carbonyl (C=O) groups excluding carboxylic acids is 2. The van der Waals surface area contributed by atoms with E-state index in [0.717, 1.165) is 16.7 Å². The molecule has 2 amide bonds.